The van der Waals surface area contributed by atoms with Gasteiger partial charge in [-0.05, 0) is 45.3 Å². The van der Waals surface area contributed by atoms with E-state index in [0.29, 0.717) is 12.0 Å². The first kappa shape index (κ1) is 11.9. The molecule has 2 aliphatic rings. The van der Waals surface area contributed by atoms with Crippen LogP contribution in [0.25, 0.3) is 0 Å². The molecular formula is C12H23N3O. The molecule has 2 fully saturated rings. The lowest BCUT2D eigenvalue weighted by atomic mass is 9.80. The summed E-state index contributed by atoms with van der Waals surface area (Å²) < 4.78 is 0. The Morgan fingerprint density at radius 3 is 2.56 bits per heavy atom. The molecule has 1 unspecified atom stereocenters. The Kier molecular flexibility index (Phi) is 3.22. The van der Waals surface area contributed by atoms with Crippen molar-refractivity contribution in [1.29, 1.82) is 0 Å². The van der Waals surface area contributed by atoms with Crippen LogP contribution in [-0.2, 0) is 4.79 Å². The average molecular weight is 225 g/mol. The van der Waals surface area contributed by atoms with Crippen LogP contribution in [-0.4, -0.2) is 55.1 Å². The van der Waals surface area contributed by atoms with Gasteiger partial charge < -0.3 is 9.80 Å². The first-order valence-corrected chi connectivity index (χ1v) is 6.22. The van der Waals surface area contributed by atoms with Crippen LogP contribution in [0.1, 0.15) is 26.7 Å². The van der Waals surface area contributed by atoms with Crippen LogP contribution in [0.4, 0.5) is 0 Å². The van der Waals surface area contributed by atoms with Crippen LogP contribution in [0.3, 0.4) is 0 Å². The smallest absolute Gasteiger partial charge is 0.237 e. The number of amides is 1. The molecule has 0 saturated carbocycles. The Hall–Kier alpha value is -0.610. The van der Waals surface area contributed by atoms with Crippen molar-refractivity contribution in [2.24, 2.45) is 5.41 Å². The standard InChI is InChI=1S/C12H23N3O/c1-10-13-8-11(16)15(10)9-12(2)4-6-14(3)7-5-12/h10,13H,4-9H2,1-3H3. The highest BCUT2D eigenvalue weighted by Crippen LogP contribution is 2.32. The van der Waals surface area contributed by atoms with Crippen LogP contribution >= 0.6 is 0 Å². The lowest BCUT2D eigenvalue weighted by Gasteiger charge is -2.41. The van der Waals surface area contributed by atoms with Gasteiger partial charge in [0.1, 0.15) is 0 Å². The number of hydrogen-bond acceptors (Lipinski definition) is 3. The van der Waals surface area contributed by atoms with Crippen LogP contribution in [0.2, 0.25) is 0 Å². The van der Waals surface area contributed by atoms with E-state index in [9.17, 15) is 4.79 Å². The second kappa shape index (κ2) is 4.34. The zero-order valence-electron chi connectivity index (χ0n) is 10.6. The van der Waals surface area contributed by atoms with Gasteiger partial charge in [-0.3, -0.25) is 10.1 Å². The maximum atomic E-state index is 11.7. The van der Waals surface area contributed by atoms with E-state index in [1.54, 1.807) is 0 Å². The van der Waals surface area contributed by atoms with E-state index >= 15 is 0 Å². The third-order valence-electron chi connectivity index (χ3n) is 4.08. The van der Waals surface area contributed by atoms with Gasteiger partial charge in [0.25, 0.3) is 0 Å². The number of nitrogens with zero attached hydrogens (tertiary/aromatic N) is 2. The van der Waals surface area contributed by atoms with Gasteiger partial charge in [-0.15, -0.1) is 0 Å². The fourth-order valence-corrected chi connectivity index (χ4v) is 2.62. The second-order valence-electron chi connectivity index (χ2n) is 5.69. The molecule has 0 aromatic heterocycles. The maximum Gasteiger partial charge on any atom is 0.237 e. The maximum absolute atomic E-state index is 11.7. The highest BCUT2D eigenvalue weighted by atomic mass is 16.2. The van der Waals surface area contributed by atoms with Crippen molar-refractivity contribution < 1.29 is 4.79 Å². The van der Waals surface area contributed by atoms with Gasteiger partial charge in [0, 0.05) is 6.54 Å². The normalized spacial score (nSPS) is 31.1. The first-order valence-electron chi connectivity index (χ1n) is 6.22. The molecule has 1 amide bonds. The van der Waals surface area contributed by atoms with Crippen molar-refractivity contribution in [1.82, 2.24) is 15.1 Å². The van der Waals surface area contributed by atoms with Crippen molar-refractivity contribution in [3.05, 3.63) is 0 Å². The summed E-state index contributed by atoms with van der Waals surface area (Å²) in [6.45, 7) is 8.12. The Morgan fingerprint density at radius 1 is 1.44 bits per heavy atom. The van der Waals surface area contributed by atoms with Gasteiger partial charge in [0.2, 0.25) is 5.91 Å². The second-order valence-corrected chi connectivity index (χ2v) is 5.69. The number of carbonyl (C=O) groups is 1. The van der Waals surface area contributed by atoms with E-state index in [0.717, 1.165) is 19.6 Å². The molecule has 0 aliphatic carbocycles. The molecular weight excluding hydrogens is 202 g/mol. The summed E-state index contributed by atoms with van der Waals surface area (Å²) in [6, 6.07) is 0. The zero-order chi connectivity index (χ0) is 11.8. The molecule has 0 spiro atoms. The minimum absolute atomic E-state index is 0.212. The first-order chi connectivity index (χ1) is 7.50. The van der Waals surface area contributed by atoms with Crippen molar-refractivity contribution >= 4 is 5.91 Å². The molecule has 1 atom stereocenters. The summed E-state index contributed by atoms with van der Waals surface area (Å²) in [6.07, 6.45) is 2.60. The largest absolute Gasteiger partial charge is 0.326 e. The Morgan fingerprint density at radius 2 is 2.06 bits per heavy atom. The molecule has 0 radical (unpaired) electrons. The Balaban J connectivity index is 1.95. The molecule has 4 nitrogen and oxygen atoms in total. The minimum Gasteiger partial charge on any atom is -0.326 e. The van der Waals surface area contributed by atoms with Gasteiger partial charge >= 0.3 is 0 Å². The van der Waals surface area contributed by atoms with E-state index in [-0.39, 0.29) is 12.1 Å². The summed E-state index contributed by atoms with van der Waals surface area (Å²) in [5.41, 5.74) is 0.308. The third-order valence-corrected chi connectivity index (χ3v) is 4.08. The SMILES string of the molecule is CC1NCC(=O)N1CC1(C)CCN(C)CC1. The molecule has 0 aromatic carbocycles. The molecule has 2 heterocycles. The highest BCUT2D eigenvalue weighted by Gasteiger charge is 2.36. The Labute approximate surface area is 98.0 Å². The number of nitrogens with one attached hydrogen (secondary N) is 1. The summed E-state index contributed by atoms with van der Waals surface area (Å²) in [4.78, 5) is 16.1. The van der Waals surface area contributed by atoms with Gasteiger partial charge in [0.05, 0.1) is 12.7 Å². The molecule has 4 heteroatoms. The zero-order valence-corrected chi connectivity index (χ0v) is 10.6. The number of piperidine rings is 1. The van der Waals surface area contributed by atoms with Crippen molar-refractivity contribution in [2.75, 3.05) is 33.2 Å². The van der Waals surface area contributed by atoms with Gasteiger partial charge in [-0.1, -0.05) is 6.92 Å². The molecule has 92 valence electrons. The van der Waals surface area contributed by atoms with Crippen molar-refractivity contribution in [3.8, 4) is 0 Å². The number of rotatable bonds is 2. The van der Waals surface area contributed by atoms with Crippen LogP contribution in [0.15, 0.2) is 0 Å². The molecule has 1 N–H and O–H groups in total. The summed E-state index contributed by atoms with van der Waals surface area (Å²) in [7, 11) is 2.17. The topological polar surface area (TPSA) is 35.6 Å². The lowest BCUT2D eigenvalue weighted by molar-refractivity contribution is -0.129. The predicted octanol–water partition coefficient (Wildman–Crippen LogP) is 0.496. The summed E-state index contributed by atoms with van der Waals surface area (Å²) in [5, 5.41) is 3.20. The molecule has 2 rings (SSSR count). The monoisotopic (exact) mass is 225 g/mol. The van der Waals surface area contributed by atoms with E-state index in [4.69, 9.17) is 0 Å². The fourth-order valence-electron chi connectivity index (χ4n) is 2.62. The molecule has 2 aliphatic heterocycles. The number of hydrogen-bond donors (Lipinski definition) is 1. The molecule has 0 bridgehead atoms. The third kappa shape index (κ3) is 2.38. The Bertz CT molecular complexity index is 271. The van der Waals surface area contributed by atoms with Crippen molar-refractivity contribution in [2.45, 2.75) is 32.9 Å². The van der Waals surface area contributed by atoms with Gasteiger partial charge in [-0.2, -0.15) is 0 Å². The van der Waals surface area contributed by atoms with E-state index in [2.05, 4.69) is 31.1 Å². The number of likely N-dealkylation sites (tertiary alicyclic amines) is 1. The van der Waals surface area contributed by atoms with Crippen LogP contribution in [0.5, 0.6) is 0 Å². The van der Waals surface area contributed by atoms with Crippen LogP contribution < -0.4 is 5.32 Å². The highest BCUT2D eigenvalue weighted by molar-refractivity contribution is 5.80. The quantitative estimate of drug-likeness (QED) is 0.743. The van der Waals surface area contributed by atoms with Crippen LogP contribution in [0, 0.1) is 5.41 Å². The molecule has 16 heavy (non-hydrogen) atoms. The molecule has 0 aromatic rings. The molecule has 2 saturated heterocycles. The van der Waals surface area contributed by atoms with Gasteiger partial charge in [0.15, 0.2) is 0 Å². The van der Waals surface area contributed by atoms with E-state index < -0.39 is 0 Å². The van der Waals surface area contributed by atoms with Crippen molar-refractivity contribution in [3.63, 3.8) is 0 Å². The fraction of sp³-hybridized carbons (Fsp3) is 0.917. The van der Waals surface area contributed by atoms with E-state index in [1.165, 1.54) is 12.8 Å². The lowest BCUT2D eigenvalue weighted by Crippen LogP contribution is -2.46. The number of carbonyl (C=O) groups excluding carboxylic acids is 1. The summed E-state index contributed by atoms with van der Waals surface area (Å²) in [5.74, 6) is 0.257. The summed E-state index contributed by atoms with van der Waals surface area (Å²) >= 11 is 0. The van der Waals surface area contributed by atoms with Gasteiger partial charge in [-0.25, -0.2) is 0 Å². The van der Waals surface area contributed by atoms with E-state index in [1.807, 2.05) is 4.90 Å². The predicted molar refractivity (Wildman–Crippen MR) is 64.0 cm³/mol. The average Bonchev–Trinajstić information content (AvgIpc) is 2.55. The minimum atomic E-state index is 0.212.